The molecule has 0 aromatic heterocycles. The molecule has 0 unspecified atom stereocenters. The number of hydrogen-bond donors (Lipinski definition) is 1. The Morgan fingerprint density at radius 1 is 1.27 bits per heavy atom. The lowest BCUT2D eigenvalue weighted by Crippen LogP contribution is -2.37. The number of rotatable bonds is 4. The SMILES string of the molecule is CCSc1ccc(C2(CO)CCC2)cc1. The van der Waals surface area contributed by atoms with E-state index in [1.165, 1.54) is 16.9 Å². The van der Waals surface area contributed by atoms with Crippen LogP contribution in [0.3, 0.4) is 0 Å². The summed E-state index contributed by atoms with van der Waals surface area (Å²) in [5, 5.41) is 9.46. The molecule has 1 fully saturated rings. The van der Waals surface area contributed by atoms with Crippen LogP contribution in [0.2, 0.25) is 0 Å². The predicted molar refractivity (Wildman–Crippen MR) is 65.5 cm³/mol. The molecule has 1 aromatic rings. The molecule has 1 aliphatic carbocycles. The molecule has 1 saturated carbocycles. The Labute approximate surface area is 95.9 Å². The van der Waals surface area contributed by atoms with Gasteiger partial charge in [0.15, 0.2) is 0 Å². The molecule has 0 heterocycles. The predicted octanol–water partition coefficient (Wildman–Crippen LogP) is 3.21. The van der Waals surface area contributed by atoms with E-state index in [2.05, 4.69) is 31.2 Å². The Bertz CT molecular complexity index is 308. The van der Waals surface area contributed by atoms with Gasteiger partial charge in [-0.3, -0.25) is 0 Å². The molecule has 15 heavy (non-hydrogen) atoms. The van der Waals surface area contributed by atoms with Crippen molar-refractivity contribution in [2.24, 2.45) is 0 Å². The van der Waals surface area contributed by atoms with Gasteiger partial charge in [0.1, 0.15) is 0 Å². The van der Waals surface area contributed by atoms with E-state index in [9.17, 15) is 5.11 Å². The van der Waals surface area contributed by atoms with E-state index < -0.39 is 0 Å². The molecule has 0 saturated heterocycles. The van der Waals surface area contributed by atoms with E-state index in [1.807, 2.05) is 11.8 Å². The number of aliphatic hydroxyl groups excluding tert-OH is 1. The topological polar surface area (TPSA) is 20.2 Å². The molecule has 1 nitrogen and oxygen atoms in total. The molecule has 0 bridgehead atoms. The van der Waals surface area contributed by atoms with Crippen LogP contribution in [0, 0.1) is 0 Å². The highest BCUT2D eigenvalue weighted by Crippen LogP contribution is 2.43. The highest BCUT2D eigenvalue weighted by atomic mass is 32.2. The van der Waals surface area contributed by atoms with Crippen LogP contribution >= 0.6 is 11.8 Å². The minimum absolute atomic E-state index is 0.0927. The molecule has 1 aliphatic rings. The first-order chi connectivity index (χ1) is 7.30. The van der Waals surface area contributed by atoms with E-state index >= 15 is 0 Å². The summed E-state index contributed by atoms with van der Waals surface area (Å²) in [6.07, 6.45) is 3.54. The number of aliphatic hydroxyl groups is 1. The standard InChI is InChI=1S/C13H18OS/c1-2-15-12-6-4-11(5-7-12)13(10-14)8-3-9-13/h4-7,14H,2-3,8-10H2,1H3. The van der Waals surface area contributed by atoms with Gasteiger partial charge in [-0.1, -0.05) is 25.5 Å². The van der Waals surface area contributed by atoms with E-state index in [-0.39, 0.29) is 5.41 Å². The minimum atomic E-state index is 0.0927. The third-order valence-corrected chi connectivity index (χ3v) is 4.29. The lowest BCUT2D eigenvalue weighted by Gasteiger charge is -2.40. The van der Waals surface area contributed by atoms with Crippen LogP contribution < -0.4 is 0 Å². The molecule has 2 rings (SSSR count). The van der Waals surface area contributed by atoms with Crippen LogP contribution in [0.1, 0.15) is 31.7 Å². The van der Waals surface area contributed by atoms with Gasteiger partial charge >= 0.3 is 0 Å². The summed E-state index contributed by atoms with van der Waals surface area (Å²) in [5.74, 6) is 1.12. The van der Waals surface area contributed by atoms with Gasteiger partial charge in [-0.15, -0.1) is 11.8 Å². The van der Waals surface area contributed by atoms with Crippen LogP contribution in [0.4, 0.5) is 0 Å². The van der Waals surface area contributed by atoms with Gasteiger partial charge < -0.3 is 5.11 Å². The van der Waals surface area contributed by atoms with Crippen molar-refractivity contribution in [1.29, 1.82) is 0 Å². The van der Waals surface area contributed by atoms with Gasteiger partial charge in [-0.25, -0.2) is 0 Å². The summed E-state index contributed by atoms with van der Waals surface area (Å²) in [4.78, 5) is 1.33. The Hall–Kier alpha value is -0.470. The van der Waals surface area contributed by atoms with Crippen LogP contribution in [-0.4, -0.2) is 17.5 Å². The maximum Gasteiger partial charge on any atom is 0.0527 e. The van der Waals surface area contributed by atoms with Crippen molar-refractivity contribution in [2.75, 3.05) is 12.4 Å². The first-order valence-electron chi connectivity index (χ1n) is 5.65. The van der Waals surface area contributed by atoms with Gasteiger partial charge in [-0.2, -0.15) is 0 Å². The van der Waals surface area contributed by atoms with Gasteiger partial charge in [0.05, 0.1) is 6.61 Å². The molecule has 0 amide bonds. The van der Waals surface area contributed by atoms with Crippen molar-refractivity contribution in [3.63, 3.8) is 0 Å². The average Bonchev–Trinajstić information content (AvgIpc) is 2.20. The van der Waals surface area contributed by atoms with Crippen LogP contribution in [0.5, 0.6) is 0 Å². The normalized spacial score (nSPS) is 18.5. The highest BCUT2D eigenvalue weighted by molar-refractivity contribution is 7.99. The Kier molecular flexibility index (Phi) is 3.37. The van der Waals surface area contributed by atoms with Crippen LogP contribution in [-0.2, 0) is 5.41 Å². The van der Waals surface area contributed by atoms with Crippen molar-refractivity contribution in [3.05, 3.63) is 29.8 Å². The van der Waals surface area contributed by atoms with E-state index in [0.717, 1.165) is 18.6 Å². The summed E-state index contributed by atoms with van der Waals surface area (Å²) in [6, 6.07) is 8.74. The number of benzene rings is 1. The van der Waals surface area contributed by atoms with Gasteiger partial charge in [0, 0.05) is 10.3 Å². The number of thioether (sulfide) groups is 1. The molecule has 1 aromatic carbocycles. The molecule has 0 spiro atoms. The summed E-state index contributed by atoms with van der Waals surface area (Å²) in [5.41, 5.74) is 1.41. The zero-order chi connectivity index (χ0) is 10.7. The Morgan fingerprint density at radius 2 is 1.93 bits per heavy atom. The quantitative estimate of drug-likeness (QED) is 0.789. The highest BCUT2D eigenvalue weighted by Gasteiger charge is 2.37. The molecular weight excluding hydrogens is 204 g/mol. The van der Waals surface area contributed by atoms with Crippen molar-refractivity contribution in [3.8, 4) is 0 Å². The second-order valence-corrected chi connectivity index (χ2v) is 5.59. The third kappa shape index (κ3) is 2.06. The lowest BCUT2D eigenvalue weighted by molar-refractivity contribution is 0.120. The fourth-order valence-corrected chi connectivity index (χ4v) is 2.87. The summed E-state index contributed by atoms with van der Waals surface area (Å²) < 4.78 is 0. The minimum Gasteiger partial charge on any atom is -0.395 e. The van der Waals surface area contributed by atoms with Crippen LogP contribution in [0.15, 0.2) is 29.2 Å². The Morgan fingerprint density at radius 3 is 2.33 bits per heavy atom. The van der Waals surface area contributed by atoms with E-state index in [4.69, 9.17) is 0 Å². The molecule has 0 atom stereocenters. The summed E-state index contributed by atoms with van der Waals surface area (Å²) in [6.45, 7) is 2.47. The molecule has 82 valence electrons. The van der Waals surface area contributed by atoms with Gasteiger partial charge in [0.2, 0.25) is 0 Å². The maximum absolute atomic E-state index is 9.46. The van der Waals surface area contributed by atoms with E-state index in [1.54, 1.807) is 0 Å². The average molecular weight is 222 g/mol. The smallest absolute Gasteiger partial charge is 0.0527 e. The van der Waals surface area contributed by atoms with Crippen molar-refractivity contribution >= 4 is 11.8 Å². The first kappa shape index (κ1) is 11.0. The van der Waals surface area contributed by atoms with Gasteiger partial charge in [0.25, 0.3) is 0 Å². The van der Waals surface area contributed by atoms with E-state index in [0.29, 0.717) is 6.61 Å². The lowest BCUT2D eigenvalue weighted by atomic mass is 9.65. The van der Waals surface area contributed by atoms with Crippen LogP contribution in [0.25, 0.3) is 0 Å². The van der Waals surface area contributed by atoms with Gasteiger partial charge in [-0.05, 0) is 36.3 Å². The fraction of sp³-hybridized carbons (Fsp3) is 0.538. The Balaban J connectivity index is 2.15. The zero-order valence-electron chi connectivity index (χ0n) is 9.20. The summed E-state index contributed by atoms with van der Waals surface area (Å²) >= 11 is 1.87. The molecular formula is C13H18OS. The second-order valence-electron chi connectivity index (χ2n) is 4.25. The molecule has 1 N–H and O–H groups in total. The molecule has 0 aliphatic heterocycles. The molecule has 0 radical (unpaired) electrons. The second kappa shape index (κ2) is 4.58. The van der Waals surface area contributed by atoms with Crippen molar-refractivity contribution < 1.29 is 5.11 Å². The molecule has 2 heteroatoms. The number of hydrogen-bond acceptors (Lipinski definition) is 2. The fourth-order valence-electron chi connectivity index (χ4n) is 2.21. The van der Waals surface area contributed by atoms with Crippen molar-refractivity contribution in [2.45, 2.75) is 36.5 Å². The third-order valence-electron chi connectivity index (χ3n) is 3.39. The largest absolute Gasteiger partial charge is 0.395 e. The first-order valence-corrected chi connectivity index (χ1v) is 6.63. The summed E-state index contributed by atoms with van der Waals surface area (Å²) in [7, 11) is 0. The van der Waals surface area contributed by atoms with Crippen molar-refractivity contribution in [1.82, 2.24) is 0 Å². The monoisotopic (exact) mass is 222 g/mol. The zero-order valence-corrected chi connectivity index (χ0v) is 10.0. The maximum atomic E-state index is 9.46.